The number of hydrogen-bond acceptors (Lipinski definition) is 3. The molecule has 0 radical (unpaired) electrons. The van der Waals surface area contributed by atoms with Crippen molar-refractivity contribution in [2.75, 3.05) is 25.1 Å². The molecule has 102 valence electrons. The van der Waals surface area contributed by atoms with Gasteiger partial charge in [0, 0.05) is 36.7 Å². The molecular formula is C17H18N2O. The highest BCUT2D eigenvalue weighted by Crippen LogP contribution is 2.31. The highest BCUT2D eigenvalue weighted by Gasteiger charge is 2.20. The molecule has 1 aliphatic heterocycles. The molecule has 1 aliphatic rings. The molecule has 3 rings (SSSR count). The van der Waals surface area contributed by atoms with E-state index >= 15 is 0 Å². The van der Waals surface area contributed by atoms with E-state index in [9.17, 15) is 5.26 Å². The molecule has 0 aromatic heterocycles. The Kier molecular flexibility index (Phi) is 3.58. The first kappa shape index (κ1) is 13.0. The molecule has 2 aromatic carbocycles. The maximum Gasteiger partial charge on any atom is 0.0998 e. The molecule has 0 amide bonds. The van der Waals surface area contributed by atoms with Gasteiger partial charge in [-0.3, -0.25) is 0 Å². The van der Waals surface area contributed by atoms with Gasteiger partial charge in [0.05, 0.1) is 17.7 Å². The van der Waals surface area contributed by atoms with Crippen molar-refractivity contribution >= 4 is 16.5 Å². The average molecular weight is 266 g/mol. The van der Waals surface area contributed by atoms with Crippen LogP contribution in [0.4, 0.5) is 5.69 Å². The minimum atomic E-state index is 0.385. The molecule has 0 unspecified atom stereocenters. The summed E-state index contributed by atoms with van der Waals surface area (Å²) in [6.07, 6.45) is 2.51. The molecule has 3 nitrogen and oxygen atoms in total. The van der Waals surface area contributed by atoms with Crippen molar-refractivity contribution in [3.05, 3.63) is 42.0 Å². The zero-order valence-corrected chi connectivity index (χ0v) is 11.7. The van der Waals surface area contributed by atoms with E-state index in [1.54, 1.807) is 7.11 Å². The highest BCUT2D eigenvalue weighted by molar-refractivity contribution is 5.97. The number of methoxy groups -OCH3 is 1. The third-order valence-corrected chi connectivity index (χ3v) is 4.14. The van der Waals surface area contributed by atoms with Crippen LogP contribution >= 0.6 is 0 Å². The van der Waals surface area contributed by atoms with Gasteiger partial charge in [-0.25, -0.2) is 0 Å². The van der Waals surface area contributed by atoms with Gasteiger partial charge in [-0.2, -0.15) is 5.26 Å². The van der Waals surface area contributed by atoms with Crippen LogP contribution in [0.2, 0.25) is 0 Å². The van der Waals surface area contributed by atoms with Crippen molar-refractivity contribution in [2.45, 2.75) is 18.9 Å². The predicted octanol–water partition coefficient (Wildman–Crippen LogP) is 3.33. The molecule has 2 aromatic rings. The molecule has 0 aliphatic carbocycles. The van der Waals surface area contributed by atoms with Gasteiger partial charge in [0.2, 0.25) is 0 Å². The molecule has 1 fully saturated rings. The minimum absolute atomic E-state index is 0.385. The van der Waals surface area contributed by atoms with E-state index in [1.807, 2.05) is 24.3 Å². The van der Waals surface area contributed by atoms with Crippen LogP contribution in [0.3, 0.4) is 0 Å². The Hall–Kier alpha value is -2.05. The van der Waals surface area contributed by atoms with E-state index in [1.165, 1.54) is 11.1 Å². The number of nitrogens with zero attached hydrogens (tertiary/aromatic N) is 2. The summed E-state index contributed by atoms with van der Waals surface area (Å²) in [5.74, 6) is 0. The smallest absolute Gasteiger partial charge is 0.0998 e. The molecule has 0 atom stereocenters. The molecule has 1 saturated heterocycles. The molecule has 0 spiro atoms. The summed E-state index contributed by atoms with van der Waals surface area (Å²) < 4.78 is 5.43. The van der Waals surface area contributed by atoms with E-state index in [0.717, 1.165) is 36.9 Å². The lowest BCUT2D eigenvalue weighted by Gasteiger charge is -2.33. The van der Waals surface area contributed by atoms with Crippen LogP contribution in [0.15, 0.2) is 36.4 Å². The summed E-state index contributed by atoms with van der Waals surface area (Å²) in [5, 5.41) is 11.4. The summed E-state index contributed by atoms with van der Waals surface area (Å²) in [5.41, 5.74) is 1.98. The predicted molar refractivity (Wildman–Crippen MR) is 80.9 cm³/mol. The SMILES string of the molecule is COC1CCN(c2ccc(C#N)c3ccccc23)CC1. The summed E-state index contributed by atoms with van der Waals surface area (Å²) >= 11 is 0. The number of benzene rings is 2. The van der Waals surface area contributed by atoms with Gasteiger partial charge < -0.3 is 9.64 Å². The number of fused-ring (bicyclic) bond motifs is 1. The van der Waals surface area contributed by atoms with E-state index < -0.39 is 0 Å². The Morgan fingerprint density at radius 1 is 1.10 bits per heavy atom. The van der Waals surface area contributed by atoms with Crippen LogP contribution in [0, 0.1) is 11.3 Å². The number of piperidine rings is 1. The van der Waals surface area contributed by atoms with Crippen LogP contribution in [0.5, 0.6) is 0 Å². The standard InChI is InChI=1S/C17H18N2O/c1-20-14-8-10-19(11-9-14)17-7-6-13(12-18)15-4-2-3-5-16(15)17/h2-7,14H,8-11H2,1H3. The second-order valence-electron chi connectivity index (χ2n) is 5.21. The van der Waals surface area contributed by atoms with Gasteiger partial charge in [-0.1, -0.05) is 24.3 Å². The Morgan fingerprint density at radius 2 is 1.80 bits per heavy atom. The first-order chi connectivity index (χ1) is 9.83. The van der Waals surface area contributed by atoms with Gasteiger partial charge in [0.25, 0.3) is 0 Å². The third-order valence-electron chi connectivity index (χ3n) is 4.14. The van der Waals surface area contributed by atoms with Gasteiger partial charge in [-0.05, 0) is 25.0 Å². The normalized spacial score (nSPS) is 16.3. The molecular weight excluding hydrogens is 248 g/mol. The highest BCUT2D eigenvalue weighted by atomic mass is 16.5. The Labute approximate surface area is 119 Å². The number of rotatable bonds is 2. The molecule has 0 N–H and O–H groups in total. The summed E-state index contributed by atoms with van der Waals surface area (Å²) in [4.78, 5) is 2.40. The number of hydrogen-bond donors (Lipinski definition) is 0. The number of nitriles is 1. The monoisotopic (exact) mass is 266 g/mol. The van der Waals surface area contributed by atoms with Gasteiger partial charge in [0.15, 0.2) is 0 Å². The van der Waals surface area contributed by atoms with E-state index in [0.29, 0.717) is 6.10 Å². The first-order valence-electron chi connectivity index (χ1n) is 7.03. The number of anilines is 1. The lowest BCUT2D eigenvalue weighted by atomic mass is 10.0. The Bertz CT molecular complexity index is 652. The van der Waals surface area contributed by atoms with Crippen LogP contribution < -0.4 is 4.90 Å². The van der Waals surface area contributed by atoms with Crippen molar-refractivity contribution < 1.29 is 4.74 Å². The van der Waals surface area contributed by atoms with E-state index in [4.69, 9.17) is 4.74 Å². The summed E-state index contributed by atoms with van der Waals surface area (Å²) in [7, 11) is 1.79. The maximum atomic E-state index is 9.22. The average Bonchev–Trinajstić information content (AvgIpc) is 2.54. The first-order valence-corrected chi connectivity index (χ1v) is 7.03. The van der Waals surface area contributed by atoms with Crippen LogP contribution in [0.25, 0.3) is 10.8 Å². The topological polar surface area (TPSA) is 36.3 Å². The minimum Gasteiger partial charge on any atom is -0.381 e. The molecule has 20 heavy (non-hydrogen) atoms. The van der Waals surface area contributed by atoms with Crippen molar-refractivity contribution in [1.82, 2.24) is 0 Å². The quantitative estimate of drug-likeness (QED) is 0.836. The van der Waals surface area contributed by atoms with E-state index in [-0.39, 0.29) is 0 Å². The molecule has 1 heterocycles. The number of ether oxygens (including phenoxy) is 1. The van der Waals surface area contributed by atoms with E-state index in [2.05, 4.69) is 23.1 Å². The van der Waals surface area contributed by atoms with Crippen molar-refractivity contribution in [3.8, 4) is 6.07 Å². The maximum absolute atomic E-state index is 9.22. The van der Waals surface area contributed by atoms with Crippen molar-refractivity contribution in [1.29, 1.82) is 5.26 Å². The van der Waals surface area contributed by atoms with Gasteiger partial charge >= 0.3 is 0 Å². The summed E-state index contributed by atoms with van der Waals surface area (Å²) in [6, 6.07) is 14.4. The van der Waals surface area contributed by atoms with Crippen LogP contribution in [-0.2, 0) is 4.74 Å². The van der Waals surface area contributed by atoms with Crippen molar-refractivity contribution in [2.24, 2.45) is 0 Å². The van der Waals surface area contributed by atoms with Gasteiger partial charge in [-0.15, -0.1) is 0 Å². The Balaban J connectivity index is 1.99. The second-order valence-corrected chi connectivity index (χ2v) is 5.21. The van der Waals surface area contributed by atoms with Gasteiger partial charge in [0.1, 0.15) is 0 Å². The summed E-state index contributed by atoms with van der Waals surface area (Å²) in [6.45, 7) is 2.02. The third kappa shape index (κ3) is 2.23. The molecule has 0 saturated carbocycles. The fraction of sp³-hybridized carbons (Fsp3) is 0.353. The Morgan fingerprint density at radius 3 is 2.45 bits per heavy atom. The lowest BCUT2D eigenvalue weighted by Crippen LogP contribution is -2.36. The fourth-order valence-corrected chi connectivity index (χ4v) is 2.99. The molecule has 0 bridgehead atoms. The van der Waals surface area contributed by atoms with Crippen LogP contribution in [-0.4, -0.2) is 26.3 Å². The largest absolute Gasteiger partial charge is 0.381 e. The van der Waals surface area contributed by atoms with Crippen molar-refractivity contribution in [3.63, 3.8) is 0 Å². The zero-order valence-electron chi connectivity index (χ0n) is 11.7. The fourth-order valence-electron chi connectivity index (χ4n) is 2.99. The zero-order chi connectivity index (χ0) is 13.9. The second kappa shape index (κ2) is 5.52. The lowest BCUT2D eigenvalue weighted by molar-refractivity contribution is 0.0819. The van der Waals surface area contributed by atoms with Crippen LogP contribution in [0.1, 0.15) is 18.4 Å². The molecule has 3 heteroatoms.